The van der Waals surface area contributed by atoms with Gasteiger partial charge >= 0.3 is 6.18 Å². The highest BCUT2D eigenvalue weighted by Gasteiger charge is 2.44. The van der Waals surface area contributed by atoms with Gasteiger partial charge in [0.2, 0.25) is 0 Å². The van der Waals surface area contributed by atoms with E-state index in [9.17, 15) is 18.0 Å². The summed E-state index contributed by atoms with van der Waals surface area (Å²) in [7, 11) is 0. The molecule has 4 heterocycles. The van der Waals surface area contributed by atoms with Gasteiger partial charge < -0.3 is 14.4 Å². The van der Waals surface area contributed by atoms with Crippen molar-refractivity contribution in [1.29, 1.82) is 0 Å². The number of hydrogen-bond donors (Lipinski definition) is 0. The minimum atomic E-state index is -4.51. The highest BCUT2D eigenvalue weighted by molar-refractivity contribution is 6.33. The van der Waals surface area contributed by atoms with E-state index in [2.05, 4.69) is 10.1 Å². The summed E-state index contributed by atoms with van der Waals surface area (Å²) in [6.45, 7) is 2.02. The topological polar surface area (TPSA) is 69.5 Å². The van der Waals surface area contributed by atoms with Crippen LogP contribution in [0.3, 0.4) is 0 Å². The number of halogens is 4. The van der Waals surface area contributed by atoms with Crippen LogP contribution in [-0.4, -0.2) is 46.9 Å². The van der Waals surface area contributed by atoms with Gasteiger partial charge in [0.05, 0.1) is 37.2 Å². The fourth-order valence-electron chi connectivity index (χ4n) is 3.18. The van der Waals surface area contributed by atoms with Crippen molar-refractivity contribution in [3.8, 4) is 5.82 Å². The number of hydrogen-bond acceptors (Lipinski definition) is 6. The van der Waals surface area contributed by atoms with Crippen LogP contribution >= 0.6 is 11.6 Å². The SMILES string of the molecule is O=c1c(Cl)c(N2CCC3(C2)OCCO3)cnn1-c1ccc(C(F)(F)F)cn1. The summed E-state index contributed by atoms with van der Waals surface area (Å²) < 4.78 is 50.1. The Morgan fingerprint density at radius 1 is 1.19 bits per heavy atom. The molecular weight excluding hydrogens is 389 g/mol. The van der Waals surface area contributed by atoms with Crippen LogP contribution in [0.25, 0.3) is 5.82 Å². The standard InChI is InChI=1S/C16H14ClF3N4O3/c17-13-11(23-4-3-15(9-23)26-5-6-27-15)8-22-24(14(13)25)12-2-1-10(7-21-12)16(18,19)20/h1-2,7-8H,3-6,9H2. The van der Waals surface area contributed by atoms with E-state index in [0.29, 0.717) is 44.6 Å². The number of alkyl halides is 3. The summed E-state index contributed by atoms with van der Waals surface area (Å²) in [5.41, 5.74) is -1.17. The van der Waals surface area contributed by atoms with Crippen LogP contribution in [-0.2, 0) is 15.7 Å². The number of anilines is 1. The second kappa shape index (κ2) is 6.47. The van der Waals surface area contributed by atoms with Gasteiger partial charge in [-0.05, 0) is 12.1 Å². The molecule has 7 nitrogen and oxygen atoms in total. The van der Waals surface area contributed by atoms with Crippen LogP contribution in [0.15, 0.2) is 29.3 Å². The Morgan fingerprint density at radius 3 is 2.56 bits per heavy atom. The molecule has 0 radical (unpaired) electrons. The van der Waals surface area contributed by atoms with Crippen LogP contribution < -0.4 is 10.5 Å². The van der Waals surface area contributed by atoms with Gasteiger partial charge in [0, 0.05) is 19.2 Å². The third-order valence-electron chi connectivity index (χ3n) is 4.54. The van der Waals surface area contributed by atoms with Crippen molar-refractivity contribution in [2.45, 2.75) is 18.4 Å². The summed E-state index contributed by atoms with van der Waals surface area (Å²) in [6.07, 6.45) is -1.85. The van der Waals surface area contributed by atoms with E-state index in [1.54, 1.807) is 0 Å². The first-order valence-electron chi connectivity index (χ1n) is 8.13. The fraction of sp³-hybridized carbons (Fsp3) is 0.438. The highest BCUT2D eigenvalue weighted by Crippen LogP contribution is 2.35. The van der Waals surface area contributed by atoms with Gasteiger partial charge in [0.25, 0.3) is 5.56 Å². The quantitative estimate of drug-likeness (QED) is 0.767. The molecule has 2 fully saturated rings. The van der Waals surface area contributed by atoms with Crippen LogP contribution in [0, 0.1) is 0 Å². The Kier molecular flexibility index (Phi) is 4.36. The molecule has 0 bridgehead atoms. The smallest absolute Gasteiger partial charge is 0.363 e. The van der Waals surface area contributed by atoms with Gasteiger partial charge in [0.1, 0.15) is 5.02 Å². The maximum Gasteiger partial charge on any atom is 0.417 e. The first-order valence-corrected chi connectivity index (χ1v) is 8.51. The minimum absolute atomic E-state index is 0.0539. The molecule has 2 aliphatic heterocycles. The third-order valence-corrected chi connectivity index (χ3v) is 4.90. The summed E-state index contributed by atoms with van der Waals surface area (Å²) >= 11 is 6.22. The second-order valence-corrected chi connectivity index (χ2v) is 6.62. The Bertz CT molecular complexity index is 911. The summed E-state index contributed by atoms with van der Waals surface area (Å²) in [6, 6.07) is 1.90. The van der Waals surface area contributed by atoms with Crippen molar-refractivity contribution in [2.24, 2.45) is 0 Å². The van der Waals surface area contributed by atoms with Gasteiger partial charge in [-0.15, -0.1) is 0 Å². The average Bonchev–Trinajstić information content (AvgIpc) is 3.27. The van der Waals surface area contributed by atoms with E-state index in [1.165, 1.54) is 6.20 Å². The molecule has 1 spiro atoms. The zero-order valence-electron chi connectivity index (χ0n) is 13.9. The molecule has 2 aromatic heterocycles. The van der Waals surface area contributed by atoms with Crippen LogP contribution in [0.2, 0.25) is 5.02 Å². The zero-order valence-corrected chi connectivity index (χ0v) is 14.6. The van der Waals surface area contributed by atoms with E-state index in [0.717, 1.165) is 16.8 Å². The fourth-order valence-corrected chi connectivity index (χ4v) is 3.43. The molecule has 4 rings (SSSR count). The van der Waals surface area contributed by atoms with E-state index < -0.39 is 23.1 Å². The van der Waals surface area contributed by atoms with Gasteiger partial charge in [-0.25, -0.2) is 4.98 Å². The third kappa shape index (κ3) is 3.28. The molecule has 2 saturated heterocycles. The van der Waals surface area contributed by atoms with E-state index in [4.69, 9.17) is 21.1 Å². The van der Waals surface area contributed by atoms with Gasteiger partial charge in [0.15, 0.2) is 11.6 Å². The molecule has 0 N–H and O–H groups in total. The average molecular weight is 403 g/mol. The summed E-state index contributed by atoms with van der Waals surface area (Å²) in [5.74, 6) is -0.741. The van der Waals surface area contributed by atoms with Crippen molar-refractivity contribution in [2.75, 3.05) is 31.2 Å². The van der Waals surface area contributed by atoms with Crippen LogP contribution in [0.4, 0.5) is 18.9 Å². The number of pyridine rings is 1. The van der Waals surface area contributed by atoms with E-state index in [-0.39, 0.29) is 10.8 Å². The Balaban J connectivity index is 1.62. The Morgan fingerprint density at radius 2 is 1.93 bits per heavy atom. The molecule has 144 valence electrons. The monoisotopic (exact) mass is 402 g/mol. The molecule has 0 saturated carbocycles. The lowest BCUT2D eigenvalue weighted by molar-refractivity contribution is -0.138. The van der Waals surface area contributed by atoms with Crippen molar-refractivity contribution < 1.29 is 22.6 Å². The number of rotatable bonds is 2. The Hall–Kier alpha value is -2.17. The van der Waals surface area contributed by atoms with Crippen LogP contribution in [0.5, 0.6) is 0 Å². The molecule has 11 heteroatoms. The van der Waals surface area contributed by atoms with Gasteiger partial charge in [-0.2, -0.15) is 23.0 Å². The van der Waals surface area contributed by atoms with Crippen molar-refractivity contribution in [1.82, 2.24) is 14.8 Å². The molecule has 2 aliphatic rings. The lowest BCUT2D eigenvalue weighted by atomic mass is 10.2. The molecule has 0 aromatic carbocycles. The second-order valence-electron chi connectivity index (χ2n) is 6.24. The van der Waals surface area contributed by atoms with E-state index >= 15 is 0 Å². The summed E-state index contributed by atoms with van der Waals surface area (Å²) in [5, 5.41) is 3.92. The maximum absolute atomic E-state index is 12.6. The first kappa shape index (κ1) is 18.2. The predicted octanol–water partition coefficient (Wildman–Crippen LogP) is 2.25. The zero-order chi connectivity index (χ0) is 19.2. The van der Waals surface area contributed by atoms with Crippen molar-refractivity contribution in [3.05, 3.63) is 45.5 Å². The maximum atomic E-state index is 12.6. The number of nitrogens with zero attached hydrogens (tertiary/aromatic N) is 4. The van der Waals surface area contributed by atoms with Crippen molar-refractivity contribution in [3.63, 3.8) is 0 Å². The molecule has 0 atom stereocenters. The van der Waals surface area contributed by atoms with Gasteiger partial charge in [-0.1, -0.05) is 11.6 Å². The number of ether oxygens (including phenoxy) is 2. The highest BCUT2D eigenvalue weighted by atomic mass is 35.5. The molecular formula is C16H14ClF3N4O3. The molecule has 0 amide bonds. The lowest BCUT2D eigenvalue weighted by Crippen LogP contribution is -2.35. The molecule has 2 aromatic rings. The van der Waals surface area contributed by atoms with Crippen molar-refractivity contribution >= 4 is 17.3 Å². The molecule has 0 unspecified atom stereocenters. The first-order chi connectivity index (χ1) is 12.8. The lowest BCUT2D eigenvalue weighted by Gasteiger charge is -2.23. The van der Waals surface area contributed by atoms with E-state index in [1.807, 2.05) is 4.90 Å². The molecule has 0 aliphatic carbocycles. The Labute approximate surface area is 156 Å². The normalized spacial score (nSPS) is 19.2. The minimum Gasteiger partial charge on any atom is -0.363 e. The van der Waals surface area contributed by atoms with Crippen LogP contribution in [0.1, 0.15) is 12.0 Å². The number of aromatic nitrogens is 3. The molecule has 27 heavy (non-hydrogen) atoms. The summed E-state index contributed by atoms with van der Waals surface area (Å²) in [4.78, 5) is 18.1. The largest absolute Gasteiger partial charge is 0.417 e. The predicted molar refractivity (Wildman–Crippen MR) is 89.1 cm³/mol. The van der Waals surface area contributed by atoms with Gasteiger partial charge in [-0.3, -0.25) is 4.79 Å².